The van der Waals surface area contributed by atoms with Gasteiger partial charge in [-0.2, -0.15) is 0 Å². The van der Waals surface area contributed by atoms with Crippen LogP contribution in [0.25, 0.3) is 20.7 Å². The topological polar surface area (TPSA) is 90.3 Å². The van der Waals surface area contributed by atoms with Gasteiger partial charge in [0.05, 0.1) is 11.7 Å². The van der Waals surface area contributed by atoms with E-state index in [0.29, 0.717) is 15.9 Å². The van der Waals surface area contributed by atoms with E-state index in [1.807, 2.05) is 48.9 Å². The molecule has 31 heavy (non-hydrogen) atoms. The smallest absolute Gasteiger partial charge is 0.326 e. The summed E-state index contributed by atoms with van der Waals surface area (Å²) in [6.45, 7) is 3.18. The van der Waals surface area contributed by atoms with Crippen LogP contribution in [-0.4, -0.2) is 28.0 Å². The van der Waals surface area contributed by atoms with E-state index in [4.69, 9.17) is 4.74 Å². The Hall–Kier alpha value is -3.30. The van der Waals surface area contributed by atoms with Gasteiger partial charge in [-0.05, 0) is 48.6 Å². The number of hydrogen-bond donors (Lipinski definition) is 1. The molecule has 0 radical (unpaired) electrons. The van der Waals surface area contributed by atoms with Gasteiger partial charge in [0.25, 0.3) is 11.5 Å². The lowest BCUT2D eigenvalue weighted by Gasteiger charge is -2.09. The molecule has 0 saturated heterocycles. The molecule has 0 fully saturated rings. The maximum absolute atomic E-state index is 12.9. The second kappa shape index (κ2) is 8.83. The summed E-state index contributed by atoms with van der Waals surface area (Å²) in [6, 6.07) is 9.39. The first-order chi connectivity index (χ1) is 14.9. The van der Waals surface area contributed by atoms with Crippen molar-refractivity contribution < 1.29 is 14.3 Å². The van der Waals surface area contributed by atoms with Crippen LogP contribution in [-0.2, 0) is 20.9 Å². The number of carbonyl (C=O) groups excluding carboxylic acids is 2. The molecule has 0 aliphatic heterocycles. The Kier molecular flexibility index (Phi) is 5.97. The number of nitrogens with zero attached hydrogens (tertiary/aromatic N) is 2. The lowest BCUT2D eigenvalue weighted by atomic mass is 10.1. The third-order valence-electron chi connectivity index (χ3n) is 4.80. The third-order valence-corrected chi connectivity index (χ3v) is 6.59. The van der Waals surface area contributed by atoms with Crippen molar-refractivity contribution >= 4 is 50.5 Å². The maximum atomic E-state index is 12.9. The molecule has 3 aromatic heterocycles. The first-order valence-corrected chi connectivity index (χ1v) is 11.2. The number of benzene rings is 1. The fourth-order valence-electron chi connectivity index (χ4n) is 3.04. The molecule has 4 aromatic rings. The Labute approximate surface area is 185 Å². The van der Waals surface area contributed by atoms with Crippen LogP contribution in [0, 0.1) is 13.8 Å². The van der Waals surface area contributed by atoms with Crippen molar-refractivity contribution in [1.82, 2.24) is 9.55 Å². The monoisotopic (exact) mass is 453 g/mol. The summed E-state index contributed by atoms with van der Waals surface area (Å²) in [6.07, 6.45) is 1.33. The van der Waals surface area contributed by atoms with Gasteiger partial charge in [-0.3, -0.25) is 19.0 Å². The number of amides is 1. The van der Waals surface area contributed by atoms with Crippen molar-refractivity contribution in [2.24, 2.45) is 0 Å². The molecule has 7 nitrogen and oxygen atoms in total. The van der Waals surface area contributed by atoms with Crippen molar-refractivity contribution in [3.8, 4) is 10.4 Å². The maximum Gasteiger partial charge on any atom is 0.326 e. The first-order valence-electron chi connectivity index (χ1n) is 9.45. The zero-order chi connectivity index (χ0) is 22.0. The summed E-state index contributed by atoms with van der Waals surface area (Å²) in [4.78, 5) is 43.1. The average Bonchev–Trinajstić information content (AvgIpc) is 3.41. The Balaban J connectivity index is 1.42. The number of carbonyl (C=O) groups is 2. The minimum atomic E-state index is -0.689. The molecular weight excluding hydrogens is 434 g/mol. The van der Waals surface area contributed by atoms with Crippen molar-refractivity contribution in [2.45, 2.75) is 20.4 Å². The van der Waals surface area contributed by atoms with E-state index in [2.05, 4.69) is 10.3 Å². The number of fused-ring (bicyclic) bond motifs is 1. The van der Waals surface area contributed by atoms with Gasteiger partial charge in [-0.15, -0.1) is 22.7 Å². The van der Waals surface area contributed by atoms with Crippen LogP contribution in [0.15, 0.2) is 52.2 Å². The van der Waals surface area contributed by atoms with E-state index in [9.17, 15) is 14.4 Å². The fraction of sp³-hybridized carbons (Fsp3) is 0.182. The Morgan fingerprint density at radius 2 is 2.00 bits per heavy atom. The predicted molar refractivity (Wildman–Crippen MR) is 123 cm³/mol. The number of hydrogen-bond acceptors (Lipinski definition) is 7. The van der Waals surface area contributed by atoms with Gasteiger partial charge in [0, 0.05) is 21.5 Å². The SMILES string of the molecule is Cc1ccc(NC(=O)COC(=O)Cn2cnc3scc(-c4cccs4)c3c2=O)cc1C. The van der Waals surface area contributed by atoms with Gasteiger partial charge in [-0.25, -0.2) is 4.98 Å². The zero-order valence-electron chi connectivity index (χ0n) is 16.9. The first kappa shape index (κ1) is 21.0. The molecule has 0 spiro atoms. The molecule has 0 saturated carbocycles. The number of ether oxygens (including phenoxy) is 1. The molecular formula is C22H19N3O4S2. The number of anilines is 1. The molecule has 9 heteroatoms. The lowest BCUT2D eigenvalue weighted by molar-refractivity contribution is -0.147. The normalized spacial score (nSPS) is 10.9. The molecule has 158 valence electrons. The summed E-state index contributed by atoms with van der Waals surface area (Å²) >= 11 is 2.92. The van der Waals surface area contributed by atoms with E-state index < -0.39 is 18.5 Å². The minimum Gasteiger partial charge on any atom is -0.454 e. The molecule has 0 bridgehead atoms. The third kappa shape index (κ3) is 4.57. The summed E-state index contributed by atoms with van der Waals surface area (Å²) < 4.78 is 6.26. The van der Waals surface area contributed by atoms with Crippen LogP contribution in [0.2, 0.25) is 0 Å². The standard InChI is InChI=1S/C22H19N3O4S2/c1-13-5-6-15(8-14(13)2)24-18(26)10-29-19(27)9-25-12-23-21-20(22(25)28)16(11-31-21)17-4-3-7-30-17/h3-8,11-12H,9-10H2,1-2H3,(H,24,26). The van der Waals surface area contributed by atoms with Crippen molar-refractivity contribution in [2.75, 3.05) is 11.9 Å². The molecule has 1 amide bonds. The highest BCUT2D eigenvalue weighted by molar-refractivity contribution is 7.18. The molecule has 4 rings (SSSR count). The number of esters is 1. The molecule has 1 N–H and O–H groups in total. The Bertz CT molecular complexity index is 1320. The van der Waals surface area contributed by atoms with Crippen molar-refractivity contribution in [1.29, 1.82) is 0 Å². The fourth-order valence-corrected chi connectivity index (χ4v) is 4.76. The minimum absolute atomic E-state index is 0.314. The van der Waals surface area contributed by atoms with E-state index in [0.717, 1.165) is 21.6 Å². The summed E-state index contributed by atoms with van der Waals surface area (Å²) in [5.74, 6) is -1.14. The number of nitrogens with one attached hydrogen (secondary N) is 1. The van der Waals surface area contributed by atoms with Gasteiger partial charge in [0.1, 0.15) is 11.4 Å². The summed E-state index contributed by atoms with van der Waals surface area (Å²) in [7, 11) is 0. The van der Waals surface area contributed by atoms with E-state index >= 15 is 0 Å². The van der Waals surface area contributed by atoms with Gasteiger partial charge in [0.2, 0.25) is 0 Å². The van der Waals surface area contributed by atoms with E-state index in [-0.39, 0.29) is 12.1 Å². The molecule has 0 aliphatic carbocycles. The van der Waals surface area contributed by atoms with E-state index in [1.165, 1.54) is 33.6 Å². The molecule has 3 heterocycles. The summed E-state index contributed by atoms with van der Waals surface area (Å²) in [5.41, 5.74) is 3.29. The molecule has 1 aromatic carbocycles. The van der Waals surface area contributed by atoms with Crippen molar-refractivity contribution in [3.63, 3.8) is 0 Å². The van der Waals surface area contributed by atoms with E-state index in [1.54, 1.807) is 6.07 Å². The predicted octanol–water partition coefficient (Wildman–Crippen LogP) is 3.99. The van der Waals surface area contributed by atoms with Crippen LogP contribution < -0.4 is 10.9 Å². The van der Waals surface area contributed by atoms with Gasteiger partial charge >= 0.3 is 5.97 Å². The highest BCUT2D eigenvalue weighted by Crippen LogP contribution is 2.33. The highest BCUT2D eigenvalue weighted by atomic mass is 32.1. The quantitative estimate of drug-likeness (QED) is 0.446. The van der Waals surface area contributed by atoms with Crippen molar-refractivity contribution in [3.05, 3.63) is 68.9 Å². The van der Waals surface area contributed by atoms with Crippen LogP contribution in [0.4, 0.5) is 5.69 Å². The molecule has 0 unspecified atom stereocenters. The average molecular weight is 454 g/mol. The number of thiophene rings is 2. The lowest BCUT2D eigenvalue weighted by Crippen LogP contribution is -2.28. The van der Waals surface area contributed by atoms with Crippen LogP contribution in [0.5, 0.6) is 0 Å². The van der Waals surface area contributed by atoms with Crippen LogP contribution in [0.1, 0.15) is 11.1 Å². The van der Waals surface area contributed by atoms with Crippen LogP contribution in [0.3, 0.4) is 0 Å². The zero-order valence-corrected chi connectivity index (χ0v) is 18.5. The number of aryl methyl sites for hydroxylation is 2. The van der Waals surface area contributed by atoms with Crippen LogP contribution >= 0.6 is 22.7 Å². The molecule has 0 aliphatic rings. The Morgan fingerprint density at radius 3 is 2.74 bits per heavy atom. The number of aromatic nitrogens is 2. The van der Waals surface area contributed by atoms with Gasteiger partial charge in [-0.1, -0.05) is 12.1 Å². The summed E-state index contributed by atoms with van der Waals surface area (Å²) in [5, 5.41) is 7.00. The second-order valence-electron chi connectivity index (χ2n) is 6.99. The highest BCUT2D eigenvalue weighted by Gasteiger charge is 2.16. The largest absolute Gasteiger partial charge is 0.454 e. The molecule has 0 atom stereocenters. The van der Waals surface area contributed by atoms with Gasteiger partial charge in [0.15, 0.2) is 6.61 Å². The second-order valence-corrected chi connectivity index (χ2v) is 8.80. The Morgan fingerprint density at radius 1 is 1.16 bits per heavy atom. The van der Waals surface area contributed by atoms with Gasteiger partial charge < -0.3 is 10.1 Å². The number of rotatable bonds is 6.